The van der Waals surface area contributed by atoms with Gasteiger partial charge in [-0.1, -0.05) is 27.7 Å². The summed E-state index contributed by atoms with van der Waals surface area (Å²) in [5.74, 6) is 0. The van der Waals surface area contributed by atoms with Crippen LogP contribution in [-0.4, -0.2) is 4.98 Å². The van der Waals surface area contributed by atoms with Gasteiger partial charge in [-0.3, -0.25) is 4.98 Å². The first-order valence-electron chi connectivity index (χ1n) is 4.86. The van der Waals surface area contributed by atoms with Gasteiger partial charge in [0.25, 0.3) is 0 Å². The van der Waals surface area contributed by atoms with Gasteiger partial charge in [0.2, 0.25) is 0 Å². The number of nitrogens with two attached hydrogens (primary N) is 1. The highest BCUT2D eigenvalue weighted by Crippen LogP contribution is 2.28. The monoisotopic (exact) mass is 294 g/mol. The predicted octanol–water partition coefficient (Wildman–Crippen LogP) is 3.45. The third-order valence-electron chi connectivity index (χ3n) is 2.05. The van der Waals surface area contributed by atoms with E-state index in [1.807, 2.05) is 24.3 Å². The third-order valence-corrected chi connectivity index (χ3v) is 3.57. The molecule has 82 valence electrons. The molecule has 2 nitrogen and oxygen atoms in total. The number of nitrogens with zero attached hydrogens (tertiary/aromatic N) is 1. The number of hydrogen-bond acceptors (Lipinski definition) is 3. The highest BCUT2D eigenvalue weighted by atomic mass is 79.9. The van der Waals surface area contributed by atoms with Crippen LogP contribution in [0.5, 0.6) is 0 Å². The van der Waals surface area contributed by atoms with E-state index in [1.54, 1.807) is 18.0 Å². The second-order valence-electron chi connectivity index (χ2n) is 3.24. The van der Waals surface area contributed by atoms with Gasteiger partial charge in [-0.25, -0.2) is 0 Å². The van der Waals surface area contributed by atoms with Crippen LogP contribution in [0.4, 0.5) is 0 Å². The van der Waals surface area contributed by atoms with Gasteiger partial charge in [-0.2, -0.15) is 0 Å². The second-order valence-corrected chi connectivity index (χ2v) is 5.31. The Morgan fingerprint density at radius 2 is 1.88 bits per heavy atom. The van der Waals surface area contributed by atoms with E-state index < -0.39 is 0 Å². The average Bonchev–Trinajstić information content (AvgIpc) is 2.32. The molecular weight excluding hydrogens is 284 g/mol. The Morgan fingerprint density at radius 1 is 1.12 bits per heavy atom. The molecule has 0 amide bonds. The number of benzene rings is 1. The first-order valence-corrected chi connectivity index (χ1v) is 6.47. The number of halogens is 1. The molecule has 0 saturated carbocycles. The van der Waals surface area contributed by atoms with E-state index in [-0.39, 0.29) is 0 Å². The molecule has 16 heavy (non-hydrogen) atoms. The van der Waals surface area contributed by atoms with E-state index in [2.05, 4.69) is 33.0 Å². The quantitative estimate of drug-likeness (QED) is 0.942. The molecule has 0 aliphatic rings. The van der Waals surface area contributed by atoms with Crippen LogP contribution in [0.2, 0.25) is 0 Å². The van der Waals surface area contributed by atoms with Gasteiger partial charge >= 0.3 is 0 Å². The van der Waals surface area contributed by atoms with Crippen LogP contribution in [-0.2, 0) is 6.54 Å². The van der Waals surface area contributed by atoms with Crippen LogP contribution < -0.4 is 5.73 Å². The number of hydrogen-bond donors (Lipinski definition) is 1. The maximum absolute atomic E-state index is 5.55. The smallest absolute Gasteiger partial charge is 0.0550 e. The average molecular weight is 295 g/mol. The minimum Gasteiger partial charge on any atom is -0.325 e. The fourth-order valence-corrected chi connectivity index (χ4v) is 2.40. The largest absolute Gasteiger partial charge is 0.325 e. The van der Waals surface area contributed by atoms with E-state index in [4.69, 9.17) is 5.73 Å². The van der Waals surface area contributed by atoms with Gasteiger partial charge in [0.15, 0.2) is 0 Å². The summed E-state index contributed by atoms with van der Waals surface area (Å²) in [7, 11) is 0. The number of aromatic nitrogens is 1. The topological polar surface area (TPSA) is 38.9 Å². The van der Waals surface area contributed by atoms with Crippen LogP contribution in [0.25, 0.3) is 0 Å². The normalized spacial score (nSPS) is 10.4. The van der Waals surface area contributed by atoms with Gasteiger partial charge in [0.05, 0.1) is 5.69 Å². The Bertz CT molecular complexity index is 471. The maximum Gasteiger partial charge on any atom is 0.0550 e. The zero-order valence-electron chi connectivity index (χ0n) is 8.56. The van der Waals surface area contributed by atoms with Crippen LogP contribution in [0.3, 0.4) is 0 Å². The summed E-state index contributed by atoms with van der Waals surface area (Å²) >= 11 is 5.13. The summed E-state index contributed by atoms with van der Waals surface area (Å²) in [6.45, 7) is 0.481. The van der Waals surface area contributed by atoms with Crippen molar-refractivity contribution in [1.29, 1.82) is 0 Å². The fraction of sp³-hybridized carbons (Fsp3) is 0.0833. The SMILES string of the molecule is NCc1cc(Sc2ccc(Br)cc2)ccn1. The van der Waals surface area contributed by atoms with Gasteiger partial charge in [-0.05, 0) is 36.4 Å². The van der Waals surface area contributed by atoms with Crippen molar-refractivity contribution in [3.05, 3.63) is 52.8 Å². The molecule has 0 fully saturated rings. The lowest BCUT2D eigenvalue weighted by Gasteiger charge is -2.03. The Labute approximate surface area is 107 Å². The minimum atomic E-state index is 0.481. The van der Waals surface area contributed by atoms with Crippen molar-refractivity contribution in [1.82, 2.24) is 4.98 Å². The van der Waals surface area contributed by atoms with Crippen molar-refractivity contribution >= 4 is 27.7 Å². The summed E-state index contributed by atoms with van der Waals surface area (Å²) < 4.78 is 1.09. The molecule has 0 unspecified atom stereocenters. The molecule has 1 heterocycles. The van der Waals surface area contributed by atoms with Crippen molar-refractivity contribution in [3.8, 4) is 0 Å². The molecular formula is C12H11BrN2S. The zero-order chi connectivity index (χ0) is 11.4. The summed E-state index contributed by atoms with van der Waals surface area (Å²) in [5, 5.41) is 0. The molecule has 1 aromatic heterocycles. The molecule has 4 heteroatoms. The van der Waals surface area contributed by atoms with Gasteiger partial charge in [0, 0.05) is 27.0 Å². The molecule has 0 aliphatic heterocycles. The number of pyridine rings is 1. The van der Waals surface area contributed by atoms with Crippen LogP contribution in [0.1, 0.15) is 5.69 Å². The molecule has 0 atom stereocenters. The molecule has 2 rings (SSSR count). The molecule has 1 aromatic carbocycles. The first kappa shape index (κ1) is 11.6. The Morgan fingerprint density at radius 3 is 2.56 bits per heavy atom. The van der Waals surface area contributed by atoms with E-state index >= 15 is 0 Å². The van der Waals surface area contributed by atoms with Crippen molar-refractivity contribution in [2.24, 2.45) is 5.73 Å². The Hall–Kier alpha value is -0.840. The minimum absolute atomic E-state index is 0.481. The van der Waals surface area contributed by atoms with E-state index in [0.717, 1.165) is 15.1 Å². The zero-order valence-corrected chi connectivity index (χ0v) is 11.0. The van der Waals surface area contributed by atoms with E-state index in [9.17, 15) is 0 Å². The maximum atomic E-state index is 5.55. The highest BCUT2D eigenvalue weighted by molar-refractivity contribution is 9.10. The van der Waals surface area contributed by atoms with E-state index in [1.165, 1.54) is 4.90 Å². The molecule has 0 bridgehead atoms. The summed E-state index contributed by atoms with van der Waals surface area (Å²) in [6.07, 6.45) is 1.80. The lowest BCUT2D eigenvalue weighted by molar-refractivity contribution is 0.976. The highest BCUT2D eigenvalue weighted by Gasteiger charge is 1.99. The van der Waals surface area contributed by atoms with Crippen molar-refractivity contribution in [2.75, 3.05) is 0 Å². The predicted molar refractivity (Wildman–Crippen MR) is 70.4 cm³/mol. The van der Waals surface area contributed by atoms with Crippen molar-refractivity contribution in [3.63, 3.8) is 0 Å². The van der Waals surface area contributed by atoms with E-state index in [0.29, 0.717) is 6.54 Å². The number of rotatable bonds is 3. The second kappa shape index (κ2) is 5.48. The standard InChI is InChI=1S/C12H11BrN2S/c13-9-1-3-11(4-2-9)16-12-5-6-15-10(7-12)8-14/h1-7H,8,14H2. The van der Waals surface area contributed by atoms with Gasteiger partial charge < -0.3 is 5.73 Å². The van der Waals surface area contributed by atoms with Gasteiger partial charge in [-0.15, -0.1) is 0 Å². The Kier molecular flexibility index (Phi) is 3.98. The Balaban J connectivity index is 2.16. The summed E-state index contributed by atoms with van der Waals surface area (Å²) in [4.78, 5) is 6.54. The van der Waals surface area contributed by atoms with Crippen molar-refractivity contribution in [2.45, 2.75) is 16.3 Å². The fourth-order valence-electron chi connectivity index (χ4n) is 1.27. The lowest BCUT2D eigenvalue weighted by Crippen LogP contribution is -1.98. The molecule has 0 radical (unpaired) electrons. The van der Waals surface area contributed by atoms with Gasteiger partial charge in [0.1, 0.15) is 0 Å². The molecule has 0 saturated heterocycles. The third kappa shape index (κ3) is 3.07. The lowest BCUT2D eigenvalue weighted by atomic mass is 10.3. The van der Waals surface area contributed by atoms with Crippen LogP contribution in [0.15, 0.2) is 56.9 Å². The summed E-state index contributed by atoms with van der Waals surface area (Å²) in [6, 6.07) is 12.2. The van der Waals surface area contributed by atoms with Crippen molar-refractivity contribution < 1.29 is 0 Å². The molecule has 0 aliphatic carbocycles. The summed E-state index contributed by atoms with van der Waals surface area (Å²) in [5.41, 5.74) is 6.47. The van der Waals surface area contributed by atoms with Crippen LogP contribution in [0, 0.1) is 0 Å². The molecule has 2 aromatic rings. The molecule has 0 spiro atoms. The first-order chi connectivity index (χ1) is 7.78. The van der Waals surface area contributed by atoms with Crippen LogP contribution >= 0.6 is 27.7 Å². The molecule has 2 N–H and O–H groups in total.